The van der Waals surface area contributed by atoms with Crippen molar-refractivity contribution in [2.45, 2.75) is 69.4 Å². The average molecular weight is 291 g/mol. The third-order valence-electron chi connectivity index (χ3n) is 6.36. The van der Waals surface area contributed by atoms with Crippen LogP contribution in [0.25, 0.3) is 0 Å². The highest BCUT2D eigenvalue weighted by atomic mass is 16.2. The summed E-state index contributed by atoms with van der Waals surface area (Å²) in [5, 5.41) is 9.96. The van der Waals surface area contributed by atoms with Gasteiger partial charge in [-0.2, -0.15) is 0 Å². The summed E-state index contributed by atoms with van der Waals surface area (Å²) in [5.74, 6) is 2.66. The summed E-state index contributed by atoms with van der Waals surface area (Å²) in [6.07, 6.45) is 11.6. The van der Waals surface area contributed by atoms with E-state index in [0.717, 1.165) is 37.3 Å². The molecule has 4 aliphatic carbocycles. The van der Waals surface area contributed by atoms with Gasteiger partial charge in [0.15, 0.2) is 0 Å². The Hall–Kier alpha value is -0.770. The van der Waals surface area contributed by atoms with Crippen LogP contribution in [0.1, 0.15) is 57.8 Å². The van der Waals surface area contributed by atoms with E-state index in [4.69, 9.17) is 0 Å². The van der Waals surface area contributed by atoms with Crippen LogP contribution in [0.3, 0.4) is 0 Å². The van der Waals surface area contributed by atoms with Gasteiger partial charge in [0.05, 0.1) is 0 Å². The zero-order chi connectivity index (χ0) is 14.3. The first-order valence-electron chi connectivity index (χ1n) is 9.00. The number of carbonyl (C=O) groups is 1. The first-order valence-corrected chi connectivity index (χ1v) is 9.00. The number of nitrogens with one attached hydrogen (secondary N) is 3. The molecule has 4 nitrogen and oxygen atoms in total. The van der Waals surface area contributed by atoms with E-state index in [0.29, 0.717) is 6.04 Å². The van der Waals surface area contributed by atoms with Crippen LogP contribution in [-0.2, 0) is 0 Å². The Labute approximate surface area is 127 Å². The number of amides is 2. The van der Waals surface area contributed by atoms with Crippen molar-refractivity contribution in [3.05, 3.63) is 0 Å². The van der Waals surface area contributed by atoms with Gasteiger partial charge in [0.2, 0.25) is 0 Å². The fourth-order valence-electron chi connectivity index (χ4n) is 5.91. The maximum absolute atomic E-state index is 12.3. The maximum Gasteiger partial charge on any atom is 0.315 e. The minimum Gasteiger partial charge on any atom is -0.338 e. The monoisotopic (exact) mass is 291 g/mol. The van der Waals surface area contributed by atoms with Crippen molar-refractivity contribution < 1.29 is 4.79 Å². The van der Waals surface area contributed by atoms with Crippen LogP contribution in [0.2, 0.25) is 0 Å². The summed E-state index contributed by atoms with van der Waals surface area (Å²) in [7, 11) is 0. The molecule has 0 aromatic heterocycles. The molecule has 4 saturated carbocycles. The molecule has 5 aliphatic rings. The number of hydrogen-bond acceptors (Lipinski definition) is 2. The fraction of sp³-hybridized carbons (Fsp3) is 0.941. The standard InChI is InChI=1S/C17H29N3O/c21-16(19-5-3-15-2-1-4-18-15)20-17-9-12-6-13(10-17)8-14(7-12)11-17/h12-15,18H,1-11H2,(H2,19,20,21)/t12?,13?,14?,15-,17?/m1/s1. The topological polar surface area (TPSA) is 53.2 Å². The maximum atomic E-state index is 12.3. The van der Waals surface area contributed by atoms with Gasteiger partial charge in [-0.15, -0.1) is 0 Å². The normalized spacial score (nSPS) is 44.0. The highest BCUT2D eigenvalue weighted by Gasteiger charge is 2.51. The molecule has 1 aliphatic heterocycles. The van der Waals surface area contributed by atoms with Crippen molar-refractivity contribution in [1.29, 1.82) is 0 Å². The molecule has 0 unspecified atom stereocenters. The van der Waals surface area contributed by atoms with E-state index in [1.807, 2.05) is 0 Å². The van der Waals surface area contributed by atoms with Crippen LogP contribution in [-0.4, -0.2) is 30.7 Å². The Bertz CT molecular complexity index is 368. The Morgan fingerprint density at radius 3 is 2.33 bits per heavy atom. The van der Waals surface area contributed by atoms with Gasteiger partial charge in [-0.3, -0.25) is 0 Å². The fourth-order valence-corrected chi connectivity index (χ4v) is 5.91. The Morgan fingerprint density at radius 1 is 1.10 bits per heavy atom. The van der Waals surface area contributed by atoms with E-state index in [9.17, 15) is 4.79 Å². The highest BCUT2D eigenvalue weighted by molar-refractivity contribution is 5.74. The molecule has 0 aromatic carbocycles. The molecule has 5 fully saturated rings. The summed E-state index contributed by atoms with van der Waals surface area (Å²) < 4.78 is 0. The summed E-state index contributed by atoms with van der Waals surface area (Å²) in [6, 6.07) is 0.694. The molecule has 5 rings (SSSR count). The summed E-state index contributed by atoms with van der Waals surface area (Å²) in [6.45, 7) is 1.94. The van der Waals surface area contributed by atoms with Gasteiger partial charge in [-0.25, -0.2) is 4.79 Å². The summed E-state index contributed by atoms with van der Waals surface area (Å²) >= 11 is 0. The van der Waals surface area contributed by atoms with Crippen LogP contribution in [0.15, 0.2) is 0 Å². The van der Waals surface area contributed by atoms with E-state index in [1.54, 1.807) is 0 Å². The zero-order valence-electron chi connectivity index (χ0n) is 13.0. The molecule has 118 valence electrons. The largest absolute Gasteiger partial charge is 0.338 e. The predicted octanol–water partition coefficient (Wildman–Crippen LogP) is 2.40. The molecule has 0 aromatic rings. The van der Waals surface area contributed by atoms with E-state index in [2.05, 4.69) is 16.0 Å². The van der Waals surface area contributed by atoms with Gasteiger partial charge < -0.3 is 16.0 Å². The van der Waals surface area contributed by atoms with Crippen molar-refractivity contribution in [3.8, 4) is 0 Å². The average Bonchev–Trinajstić information content (AvgIpc) is 2.89. The van der Waals surface area contributed by atoms with Crippen LogP contribution in [0.5, 0.6) is 0 Å². The van der Waals surface area contributed by atoms with Gasteiger partial charge in [0.1, 0.15) is 0 Å². The quantitative estimate of drug-likeness (QED) is 0.745. The molecule has 21 heavy (non-hydrogen) atoms. The molecule has 2 amide bonds. The lowest BCUT2D eigenvalue weighted by molar-refractivity contribution is -0.0135. The lowest BCUT2D eigenvalue weighted by Gasteiger charge is -2.56. The van der Waals surface area contributed by atoms with Crippen molar-refractivity contribution in [1.82, 2.24) is 16.0 Å². The second kappa shape index (κ2) is 5.45. The first kappa shape index (κ1) is 13.9. The van der Waals surface area contributed by atoms with Crippen LogP contribution in [0, 0.1) is 17.8 Å². The van der Waals surface area contributed by atoms with Crippen LogP contribution >= 0.6 is 0 Å². The Morgan fingerprint density at radius 2 is 1.76 bits per heavy atom. The zero-order valence-corrected chi connectivity index (χ0v) is 13.0. The van der Waals surface area contributed by atoms with Gasteiger partial charge >= 0.3 is 6.03 Å². The number of hydrogen-bond donors (Lipinski definition) is 3. The van der Waals surface area contributed by atoms with Crippen molar-refractivity contribution in [2.75, 3.05) is 13.1 Å². The third-order valence-corrected chi connectivity index (χ3v) is 6.36. The third kappa shape index (κ3) is 2.92. The summed E-state index contributed by atoms with van der Waals surface area (Å²) in [4.78, 5) is 12.3. The summed E-state index contributed by atoms with van der Waals surface area (Å²) in [5.41, 5.74) is 0.143. The van der Waals surface area contributed by atoms with Crippen molar-refractivity contribution >= 4 is 6.03 Å². The molecule has 4 bridgehead atoms. The van der Waals surface area contributed by atoms with Crippen LogP contribution < -0.4 is 16.0 Å². The highest BCUT2D eigenvalue weighted by Crippen LogP contribution is 2.55. The van der Waals surface area contributed by atoms with Gasteiger partial charge in [0.25, 0.3) is 0 Å². The molecule has 0 radical (unpaired) electrons. The minimum atomic E-state index is 0.0787. The number of rotatable bonds is 4. The predicted molar refractivity (Wildman–Crippen MR) is 83.1 cm³/mol. The molecular formula is C17H29N3O. The smallest absolute Gasteiger partial charge is 0.315 e. The van der Waals surface area contributed by atoms with E-state index >= 15 is 0 Å². The number of urea groups is 1. The molecule has 0 spiro atoms. The second-order valence-electron chi connectivity index (χ2n) is 8.16. The minimum absolute atomic E-state index is 0.0787. The first-order chi connectivity index (χ1) is 10.2. The second-order valence-corrected chi connectivity index (χ2v) is 8.16. The molecule has 3 N–H and O–H groups in total. The lowest BCUT2D eigenvalue weighted by Crippen LogP contribution is -2.61. The molecular weight excluding hydrogens is 262 g/mol. The molecule has 1 atom stereocenters. The van der Waals surface area contributed by atoms with E-state index in [-0.39, 0.29) is 11.6 Å². The van der Waals surface area contributed by atoms with Gasteiger partial charge in [0, 0.05) is 18.1 Å². The Kier molecular flexibility index (Phi) is 3.60. The van der Waals surface area contributed by atoms with Gasteiger partial charge in [-0.05, 0) is 82.1 Å². The van der Waals surface area contributed by atoms with Crippen molar-refractivity contribution in [2.24, 2.45) is 17.8 Å². The Balaban J connectivity index is 1.26. The molecule has 1 heterocycles. The van der Waals surface area contributed by atoms with Crippen molar-refractivity contribution in [3.63, 3.8) is 0 Å². The molecule has 1 saturated heterocycles. The number of carbonyl (C=O) groups excluding carboxylic acids is 1. The van der Waals surface area contributed by atoms with Crippen LogP contribution in [0.4, 0.5) is 4.79 Å². The molecule has 4 heteroatoms. The van der Waals surface area contributed by atoms with E-state index in [1.165, 1.54) is 51.4 Å². The lowest BCUT2D eigenvalue weighted by atomic mass is 9.53. The van der Waals surface area contributed by atoms with Gasteiger partial charge in [-0.1, -0.05) is 0 Å². The van der Waals surface area contributed by atoms with E-state index < -0.39 is 0 Å². The SMILES string of the molecule is O=C(NCC[C@H]1CCCN1)NC12CC3CC(CC(C3)C1)C2.